The molecule has 0 aliphatic carbocycles. The Kier molecular flexibility index (Phi) is 2.52. The first-order valence-corrected chi connectivity index (χ1v) is 5.98. The van der Waals surface area contributed by atoms with Crippen LogP contribution in [0.3, 0.4) is 0 Å². The second-order valence-corrected chi connectivity index (χ2v) is 4.75. The van der Waals surface area contributed by atoms with Gasteiger partial charge in [0.1, 0.15) is 5.75 Å². The Bertz CT molecular complexity index is 429. The fourth-order valence-corrected chi connectivity index (χ4v) is 2.69. The number of amides is 1. The van der Waals surface area contributed by atoms with Gasteiger partial charge in [-0.1, -0.05) is 0 Å². The topological polar surface area (TPSA) is 58.6 Å². The molecule has 0 saturated carbocycles. The van der Waals surface area contributed by atoms with Gasteiger partial charge in [0.25, 0.3) is 0 Å². The Morgan fingerprint density at radius 1 is 1.29 bits per heavy atom. The minimum absolute atomic E-state index is 0.0115. The van der Waals surface area contributed by atoms with E-state index in [0.29, 0.717) is 0 Å². The number of phenols is 1. The van der Waals surface area contributed by atoms with Gasteiger partial charge in [-0.15, -0.1) is 0 Å². The molecule has 4 heteroatoms. The molecule has 2 heterocycles. The smallest absolute Gasteiger partial charge is 0.230 e. The van der Waals surface area contributed by atoms with E-state index < -0.39 is 0 Å². The van der Waals surface area contributed by atoms with E-state index in [2.05, 4.69) is 5.32 Å². The maximum atomic E-state index is 12.0. The van der Waals surface area contributed by atoms with Gasteiger partial charge in [0.05, 0.1) is 18.1 Å². The van der Waals surface area contributed by atoms with E-state index in [9.17, 15) is 4.79 Å². The van der Waals surface area contributed by atoms with Gasteiger partial charge < -0.3 is 15.2 Å². The molecule has 1 amide bonds. The molecule has 90 valence electrons. The fraction of sp³-hybridized carbons (Fsp3) is 0.462. The largest absolute Gasteiger partial charge is 0.508 e. The molecule has 0 spiro atoms. The molecule has 2 saturated heterocycles. The van der Waals surface area contributed by atoms with Crippen LogP contribution in [0, 0.1) is 5.92 Å². The predicted octanol–water partition coefficient (Wildman–Crippen LogP) is 1.90. The average molecular weight is 233 g/mol. The van der Waals surface area contributed by atoms with E-state index in [4.69, 9.17) is 9.84 Å². The van der Waals surface area contributed by atoms with Crippen LogP contribution in [0.25, 0.3) is 0 Å². The number of fused-ring (bicyclic) bond motifs is 2. The molecule has 2 bridgehead atoms. The molecule has 0 radical (unpaired) electrons. The Hall–Kier alpha value is -1.55. The summed E-state index contributed by atoms with van der Waals surface area (Å²) in [4.78, 5) is 12.0. The van der Waals surface area contributed by atoms with Gasteiger partial charge in [-0.25, -0.2) is 0 Å². The Morgan fingerprint density at radius 3 is 2.65 bits per heavy atom. The summed E-state index contributed by atoms with van der Waals surface area (Å²) in [6.45, 7) is 0. The molecule has 2 fully saturated rings. The molecule has 3 atom stereocenters. The first kappa shape index (κ1) is 10.6. The summed E-state index contributed by atoms with van der Waals surface area (Å²) in [5, 5.41) is 12.0. The molecular formula is C13H15NO3. The second kappa shape index (κ2) is 4.04. The third-order valence-electron chi connectivity index (χ3n) is 3.58. The van der Waals surface area contributed by atoms with Crippen LogP contribution in [0.4, 0.5) is 5.69 Å². The molecule has 3 rings (SSSR count). The van der Waals surface area contributed by atoms with Crippen molar-refractivity contribution in [3.8, 4) is 5.75 Å². The van der Waals surface area contributed by atoms with Crippen LogP contribution in [0.15, 0.2) is 24.3 Å². The summed E-state index contributed by atoms with van der Waals surface area (Å²) in [5.74, 6) is 0.219. The Labute approximate surface area is 99.6 Å². The Balaban J connectivity index is 1.65. The van der Waals surface area contributed by atoms with Crippen molar-refractivity contribution in [3.05, 3.63) is 24.3 Å². The number of nitrogens with one attached hydrogen (secondary N) is 1. The van der Waals surface area contributed by atoms with Crippen molar-refractivity contribution in [1.29, 1.82) is 0 Å². The van der Waals surface area contributed by atoms with E-state index >= 15 is 0 Å². The lowest BCUT2D eigenvalue weighted by atomic mass is 9.88. The number of rotatable bonds is 2. The highest BCUT2D eigenvalue weighted by Crippen LogP contribution is 2.39. The lowest BCUT2D eigenvalue weighted by Gasteiger charge is -2.17. The molecule has 2 aliphatic rings. The SMILES string of the molecule is O=C(Nc1ccc(O)cc1)C1CC2CCC1O2. The van der Waals surface area contributed by atoms with E-state index in [1.165, 1.54) is 0 Å². The van der Waals surface area contributed by atoms with E-state index in [0.717, 1.165) is 24.9 Å². The van der Waals surface area contributed by atoms with Crippen LogP contribution >= 0.6 is 0 Å². The third-order valence-corrected chi connectivity index (χ3v) is 3.58. The van der Waals surface area contributed by atoms with Crippen molar-refractivity contribution in [2.45, 2.75) is 31.5 Å². The van der Waals surface area contributed by atoms with Gasteiger partial charge in [0.15, 0.2) is 0 Å². The number of ether oxygens (including phenoxy) is 1. The summed E-state index contributed by atoms with van der Waals surface area (Å²) in [6, 6.07) is 6.52. The zero-order chi connectivity index (χ0) is 11.8. The normalized spacial score (nSPS) is 30.5. The van der Waals surface area contributed by atoms with E-state index in [-0.39, 0.29) is 29.8 Å². The highest BCUT2D eigenvalue weighted by molar-refractivity contribution is 5.93. The number of aromatic hydroxyl groups is 1. The zero-order valence-corrected chi connectivity index (χ0v) is 9.43. The highest BCUT2D eigenvalue weighted by Gasteiger charge is 2.44. The summed E-state index contributed by atoms with van der Waals surface area (Å²) in [5.41, 5.74) is 0.718. The maximum absolute atomic E-state index is 12.0. The van der Waals surface area contributed by atoms with Gasteiger partial charge in [0, 0.05) is 5.69 Å². The van der Waals surface area contributed by atoms with Crippen LogP contribution < -0.4 is 5.32 Å². The molecule has 4 nitrogen and oxygen atoms in total. The second-order valence-electron chi connectivity index (χ2n) is 4.75. The third kappa shape index (κ3) is 2.00. The molecule has 17 heavy (non-hydrogen) atoms. The van der Waals surface area contributed by atoms with E-state index in [1.54, 1.807) is 24.3 Å². The number of phenolic OH excluding ortho intramolecular Hbond substituents is 1. The van der Waals surface area contributed by atoms with Gasteiger partial charge in [-0.2, -0.15) is 0 Å². The monoisotopic (exact) mass is 233 g/mol. The first-order chi connectivity index (χ1) is 8.22. The zero-order valence-electron chi connectivity index (χ0n) is 9.43. The molecule has 2 aliphatic heterocycles. The minimum Gasteiger partial charge on any atom is -0.508 e. The molecule has 1 aromatic rings. The molecular weight excluding hydrogens is 218 g/mol. The van der Waals surface area contributed by atoms with E-state index in [1.807, 2.05) is 0 Å². The van der Waals surface area contributed by atoms with Crippen molar-refractivity contribution < 1.29 is 14.6 Å². The quantitative estimate of drug-likeness (QED) is 0.767. The number of carbonyl (C=O) groups excluding carboxylic acids is 1. The number of hydrogen-bond donors (Lipinski definition) is 2. The molecule has 1 aromatic carbocycles. The van der Waals surface area contributed by atoms with Gasteiger partial charge >= 0.3 is 0 Å². The minimum atomic E-state index is -0.0115. The van der Waals surface area contributed by atoms with Gasteiger partial charge in [0.2, 0.25) is 5.91 Å². The lowest BCUT2D eigenvalue weighted by Crippen LogP contribution is -2.30. The average Bonchev–Trinajstić information content (AvgIpc) is 2.94. The summed E-state index contributed by atoms with van der Waals surface area (Å²) < 4.78 is 5.66. The standard InChI is InChI=1S/C13H15NO3/c15-9-3-1-8(2-4-9)14-13(16)11-7-10-5-6-12(11)17-10/h1-4,10-12,15H,5-7H2,(H,14,16). The van der Waals surface area contributed by atoms with Crippen LogP contribution in [-0.4, -0.2) is 23.2 Å². The predicted molar refractivity (Wildman–Crippen MR) is 62.7 cm³/mol. The molecule has 0 aromatic heterocycles. The number of anilines is 1. The van der Waals surface area contributed by atoms with Crippen LogP contribution in [0.5, 0.6) is 5.75 Å². The summed E-state index contributed by atoms with van der Waals surface area (Å²) in [7, 11) is 0. The van der Waals surface area contributed by atoms with Crippen LogP contribution in [-0.2, 0) is 9.53 Å². The molecule has 3 unspecified atom stereocenters. The van der Waals surface area contributed by atoms with Crippen molar-refractivity contribution in [2.75, 3.05) is 5.32 Å². The van der Waals surface area contributed by atoms with Gasteiger partial charge in [-0.3, -0.25) is 4.79 Å². The fourth-order valence-electron chi connectivity index (χ4n) is 2.69. The maximum Gasteiger partial charge on any atom is 0.230 e. The van der Waals surface area contributed by atoms with Crippen molar-refractivity contribution >= 4 is 11.6 Å². The number of carbonyl (C=O) groups is 1. The first-order valence-electron chi connectivity index (χ1n) is 5.98. The van der Waals surface area contributed by atoms with Crippen LogP contribution in [0.1, 0.15) is 19.3 Å². The van der Waals surface area contributed by atoms with Crippen molar-refractivity contribution in [1.82, 2.24) is 0 Å². The van der Waals surface area contributed by atoms with Crippen molar-refractivity contribution in [3.63, 3.8) is 0 Å². The lowest BCUT2D eigenvalue weighted by molar-refractivity contribution is -0.121. The number of benzene rings is 1. The van der Waals surface area contributed by atoms with Crippen molar-refractivity contribution in [2.24, 2.45) is 5.92 Å². The summed E-state index contributed by atoms with van der Waals surface area (Å²) in [6.07, 6.45) is 3.33. The van der Waals surface area contributed by atoms with Crippen LogP contribution in [0.2, 0.25) is 0 Å². The van der Waals surface area contributed by atoms with Gasteiger partial charge in [-0.05, 0) is 43.5 Å². The highest BCUT2D eigenvalue weighted by atomic mass is 16.5. The Morgan fingerprint density at radius 2 is 2.06 bits per heavy atom. The summed E-state index contributed by atoms with van der Waals surface area (Å²) >= 11 is 0. The number of hydrogen-bond acceptors (Lipinski definition) is 3. The molecule has 2 N–H and O–H groups in total.